The molecule has 0 saturated heterocycles. The second-order valence-corrected chi connectivity index (χ2v) is 10.7. The van der Waals surface area contributed by atoms with Crippen molar-refractivity contribution in [3.63, 3.8) is 0 Å². The fraction of sp³-hybridized carbons (Fsp3) is 0.167. The Morgan fingerprint density at radius 3 is 1.48 bits per heavy atom. The maximum absolute atomic E-state index is 15.0. The van der Waals surface area contributed by atoms with Crippen LogP contribution >= 0.6 is 0 Å². The summed E-state index contributed by atoms with van der Waals surface area (Å²) in [4.78, 5) is 0. The Labute approximate surface area is 258 Å². The molecule has 0 N–H and O–H groups in total. The molecule has 0 aromatic heterocycles. The standard InChI is InChI=1S/C36H25F9O/c1-2-3-4-5-20-6-8-21(9-7-20)24-16-29(39)34(30(40)17-24)36(44,45)46-26-12-10-22(11-13-26)23-14-27(37)33(28(38)15-23)25-18-31(41)35(43)32(42)19-25/h6-19H,2-5H2,1H3. The van der Waals surface area contributed by atoms with Gasteiger partial charge in [0.25, 0.3) is 0 Å². The summed E-state index contributed by atoms with van der Waals surface area (Å²) in [5.41, 5.74) is -1.38. The minimum absolute atomic E-state index is 0.0687. The van der Waals surface area contributed by atoms with Crippen LogP contribution in [-0.4, -0.2) is 0 Å². The number of ether oxygens (including phenoxy) is 1. The van der Waals surface area contributed by atoms with Gasteiger partial charge < -0.3 is 4.74 Å². The molecule has 0 bridgehead atoms. The minimum atomic E-state index is -4.43. The normalized spacial score (nSPS) is 11.6. The summed E-state index contributed by atoms with van der Waals surface area (Å²) in [5, 5.41) is 0. The van der Waals surface area contributed by atoms with E-state index in [2.05, 4.69) is 11.7 Å². The molecule has 0 heterocycles. The van der Waals surface area contributed by atoms with Crippen molar-refractivity contribution in [3.8, 4) is 39.1 Å². The Morgan fingerprint density at radius 1 is 0.522 bits per heavy atom. The highest BCUT2D eigenvalue weighted by molar-refractivity contribution is 5.72. The largest absolute Gasteiger partial charge is 0.432 e. The molecule has 5 rings (SSSR count). The maximum atomic E-state index is 15.0. The highest BCUT2D eigenvalue weighted by Crippen LogP contribution is 2.38. The molecule has 0 aliphatic heterocycles. The van der Waals surface area contributed by atoms with Gasteiger partial charge in [-0.05, 0) is 94.8 Å². The zero-order valence-electron chi connectivity index (χ0n) is 24.2. The van der Waals surface area contributed by atoms with Crippen LogP contribution in [0.3, 0.4) is 0 Å². The predicted molar refractivity (Wildman–Crippen MR) is 157 cm³/mol. The summed E-state index contributed by atoms with van der Waals surface area (Å²) in [5.74, 6) is -11.1. The molecule has 238 valence electrons. The van der Waals surface area contributed by atoms with Crippen molar-refractivity contribution in [1.29, 1.82) is 0 Å². The Bertz CT molecular complexity index is 1800. The molecule has 1 nitrogen and oxygen atoms in total. The van der Waals surface area contributed by atoms with Crippen molar-refractivity contribution >= 4 is 0 Å². The molecule has 0 fully saturated rings. The Morgan fingerprint density at radius 2 is 0.978 bits per heavy atom. The van der Waals surface area contributed by atoms with Crippen LogP contribution in [0.2, 0.25) is 0 Å². The third-order valence-electron chi connectivity index (χ3n) is 7.44. The Balaban J connectivity index is 1.34. The molecule has 0 aliphatic rings. The second-order valence-electron chi connectivity index (χ2n) is 10.7. The van der Waals surface area contributed by atoms with E-state index in [1.165, 1.54) is 0 Å². The van der Waals surface area contributed by atoms with Crippen molar-refractivity contribution in [2.24, 2.45) is 0 Å². The number of alkyl halides is 2. The van der Waals surface area contributed by atoms with E-state index < -0.39 is 69.3 Å². The predicted octanol–water partition coefficient (Wildman–Crippen LogP) is 11.5. The fourth-order valence-corrected chi connectivity index (χ4v) is 5.09. The lowest BCUT2D eigenvalue weighted by molar-refractivity contribution is -0.189. The van der Waals surface area contributed by atoms with Crippen LogP contribution in [0.15, 0.2) is 84.9 Å². The first kappa shape index (κ1) is 32.7. The third kappa shape index (κ3) is 6.90. The van der Waals surface area contributed by atoms with Crippen LogP contribution in [0.4, 0.5) is 39.5 Å². The van der Waals surface area contributed by atoms with Gasteiger partial charge in [0.05, 0.1) is 5.56 Å². The molecule has 0 spiro atoms. The summed E-state index contributed by atoms with van der Waals surface area (Å²) >= 11 is 0. The summed E-state index contributed by atoms with van der Waals surface area (Å²) in [6.07, 6.45) is -0.446. The van der Waals surface area contributed by atoms with E-state index in [9.17, 15) is 30.7 Å². The summed E-state index contributed by atoms with van der Waals surface area (Å²) < 4.78 is 135. The van der Waals surface area contributed by atoms with Crippen molar-refractivity contribution in [1.82, 2.24) is 0 Å². The maximum Gasteiger partial charge on any atom is 0.432 e. The van der Waals surface area contributed by atoms with Gasteiger partial charge in [-0.3, -0.25) is 0 Å². The number of hydrogen-bond donors (Lipinski definition) is 0. The van der Waals surface area contributed by atoms with Gasteiger partial charge in [0.15, 0.2) is 17.5 Å². The minimum Gasteiger partial charge on any atom is -0.429 e. The number of aryl methyl sites for hydroxylation is 1. The molecule has 5 aromatic rings. The molecule has 46 heavy (non-hydrogen) atoms. The van der Waals surface area contributed by atoms with Crippen LogP contribution in [0, 0.1) is 40.7 Å². The first-order valence-electron chi connectivity index (χ1n) is 14.3. The molecule has 10 heteroatoms. The van der Waals surface area contributed by atoms with Gasteiger partial charge in [0.1, 0.15) is 34.6 Å². The Kier molecular flexibility index (Phi) is 9.46. The van der Waals surface area contributed by atoms with Crippen molar-refractivity contribution in [2.75, 3.05) is 0 Å². The number of rotatable bonds is 10. The van der Waals surface area contributed by atoms with Gasteiger partial charge in [0, 0.05) is 0 Å². The van der Waals surface area contributed by atoms with E-state index in [1.54, 1.807) is 12.1 Å². The van der Waals surface area contributed by atoms with Crippen LogP contribution < -0.4 is 4.74 Å². The Hall–Kier alpha value is -4.73. The lowest BCUT2D eigenvalue weighted by Crippen LogP contribution is -2.25. The average molecular weight is 645 g/mol. The number of hydrogen-bond acceptors (Lipinski definition) is 1. The van der Waals surface area contributed by atoms with Crippen LogP contribution in [0.1, 0.15) is 37.3 Å². The molecule has 5 aromatic carbocycles. The molecule has 0 amide bonds. The van der Waals surface area contributed by atoms with E-state index in [-0.39, 0.29) is 16.7 Å². The second kappa shape index (κ2) is 13.3. The quantitative estimate of drug-likeness (QED) is 0.0835. The van der Waals surface area contributed by atoms with E-state index in [4.69, 9.17) is 0 Å². The number of halogens is 9. The summed E-state index contributed by atoms with van der Waals surface area (Å²) in [6.45, 7) is 2.09. The van der Waals surface area contributed by atoms with Gasteiger partial charge in [-0.15, -0.1) is 0 Å². The monoisotopic (exact) mass is 644 g/mol. The van der Waals surface area contributed by atoms with Crippen LogP contribution in [0.5, 0.6) is 5.75 Å². The lowest BCUT2D eigenvalue weighted by Gasteiger charge is -2.20. The van der Waals surface area contributed by atoms with Crippen LogP contribution in [-0.2, 0) is 12.5 Å². The van der Waals surface area contributed by atoms with Gasteiger partial charge in [-0.25, -0.2) is 30.7 Å². The van der Waals surface area contributed by atoms with Gasteiger partial charge in [0.2, 0.25) is 0 Å². The van der Waals surface area contributed by atoms with Gasteiger partial charge >= 0.3 is 6.11 Å². The highest BCUT2D eigenvalue weighted by Gasteiger charge is 2.41. The van der Waals surface area contributed by atoms with Crippen molar-refractivity contribution in [3.05, 3.63) is 137 Å². The lowest BCUT2D eigenvalue weighted by atomic mass is 9.98. The zero-order valence-corrected chi connectivity index (χ0v) is 24.2. The smallest absolute Gasteiger partial charge is 0.429 e. The molecular formula is C36H25F9O. The number of unbranched alkanes of at least 4 members (excludes halogenated alkanes) is 2. The number of benzene rings is 5. The molecule has 0 radical (unpaired) electrons. The topological polar surface area (TPSA) is 9.23 Å². The van der Waals surface area contributed by atoms with E-state index in [0.717, 1.165) is 79.8 Å². The summed E-state index contributed by atoms with van der Waals surface area (Å²) in [6, 6.07) is 15.4. The molecule has 0 unspecified atom stereocenters. The first-order chi connectivity index (χ1) is 21.9. The van der Waals surface area contributed by atoms with Gasteiger partial charge in [-0.1, -0.05) is 56.2 Å². The van der Waals surface area contributed by atoms with E-state index >= 15 is 8.78 Å². The van der Waals surface area contributed by atoms with Crippen LogP contribution in [0.25, 0.3) is 33.4 Å². The fourth-order valence-electron chi connectivity index (χ4n) is 5.09. The average Bonchev–Trinajstić information content (AvgIpc) is 2.99. The third-order valence-corrected chi connectivity index (χ3v) is 7.44. The van der Waals surface area contributed by atoms with E-state index in [1.807, 2.05) is 12.1 Å². The van der Waals surface area contributed by atoms with Crippen molar-refractivity contribution < 1.29 is 44.3 Å². The van der Waals surface area contributed by atoms with Gasteiger partial charge in [-0.2, -0.15) is 8.78 Å². The summed E-state index contributed by atoms with van der Waals surface area (Å²) in [7, 11) is 0. The molecule has 0 atom stereocenters. The molecule has 0 aliphatic carbocycles. The molecule has 0 saturated carbocycles. The first-order valence-corrected chi connectivity index (χ1v) is 14.3. The highest BCUT2D eigenvalue weighted by atomic mass is 19.3. The SMILES string of the molecule is CCCCCc1ccc(-c2cc(F)c(C(F)(F)Oc3ccc(-c4cc(F)c(-c5cc(F)c(F)c(F)c5)c(F)c4)cc3)c(F)c2)cc1. The zero-order chi connectivity index (χ0) is 33.2. The molecular weight excluding hydrogens is 619 g/mol. The van der Waals surface area contributed by atoms with E-state index in [0.29, 0.717) is 17.7 Å². The van der Waals surface area contributed by atoms with Crippen molar-refractivity contribution in [2.45, 2.75) is 38.7 Å².